The molecular weight excluding hydrogens is 256 g/mol. The Hall–Kier alpha value is -1.64. The Morgan fingerprint density at radius 2 is 1.81 bits per heavy atom. The molecule has 21 heavy (non-hydrogen) atoms. The fourth-order valence-corrected chi connectivity index (χ4v) is 3.24. The molecule has 0 amide bonds. The molecular formula is C19H24N2. The van der Waals surface area contributed by atoms with E-state index in [4.69, 9.17) is 5.84 Å². The minimum Gasteiger partial charge on any atom is -0.271 e. The Morgan fingerprint density at radius 3 is 2.57 bits per heavy atom. The SMILES string of the molecule is Cc1ccc(C(Cc2ccc3c(c2)CCC3)NN)cc1C. The highest BCUT2D eigenvalue weighted by Gasteiger charge is 2.15. The zero-order valence-electron chi connectivity index (χ0n) is 12.9. The summed E-state index contributed by atoms with van der Waals surface area (Å²) in [6.07, 6.45) is 4.71. The van der Waals surface area contributed by atoms with Crippen molar-refractivity contribution in [3.05, 3.63) is 69.8 Å². The lowest BCUT2D eigenvalue weighted by molar-refractivity contribution is 0.551. The van der Waals surface area contributed by atoms with E-state index in [2.05, 4.69) is 55.7 Å². The van der Waals surface area contributed by atoms with Gasteiger partial charge in [0, 0.05) is 6.04 Å². The first-order valence-corrected chi connectivity index (χ1v) is 7.81. The maximum atomic E-state index is 5.80. The van der Waals surface area contributed by atoms with Gasteiger partial charge < -0.3 is 0 Å². The summed E-state index contributed by atoms with van der Waals surface area (Å²) in [5.74, 6) is 5.80. The van der Waals surface area contributed by atoms with Crippen LogP contribution in [0.2, 0.25) is 0 Å². The van der Waals surface area contributed by atoms with Gasteiger partial charge >= 0.3 is 0 Å². The summed E-state index contributed by atoms with van der Waals surface area (Å²) in [5.41, 5.74) is 11.3. The smallest absolute Gasteiger partial charge is 0.0500 e. The van der Waals surface area contributed by atoms with Gasteiger partial charge in [0.1, 0.15) is 0 Å². The first-order chi connectivity index (χ1) is 10.2. The van der Waals surface area contributed by atoms with Crippen molar-refractivity contribution in [2.45, 2.75) is 45.6 Å². The van der Waals surface area contributed by atoms with E-state index < -0.39 is 0 Å². The Morgan fingerprint density at radius 1 is 1.00 bits per heavy atom. The summed E-state index contributed by atoms with van der Waals surface area (Å²) in [6, 6.07) is 13.7. The van der Waals surface area contributed by atoms with Gasteiger partial charge in [-0.05, 0) is 72.9 Å². The number of nitrogens with two attached hydrogens (primary N) is 1. The molecule has 2 aromatic carbocycles. The van der Waals surface area contributed by atoms with Gasteiger partial charge in [-0.25, -0.2) is 0 Å². The van der Waals surface area contributed by atoms with Crippen molar-refractivity contribution in [1.82, 2.24) is 5.43 Å². The molecule has 0 aliphatic heterocycles. The first kappa shape index (κ1) is 14.3. The average molecular weight is 280 g/mol. The van der Waals surface area contributed by atoms with Crippen molar-refractivity contribution >= 4 is 0 Å². The van der Waals surface area contributed by atoms with Crippen LogP contribution in [0.4, 0.5) is 0 Å². The number of nitrogens with one attached hydrogen (secondary N) is 1. The molecule has 0 bridgehead atoms. The van der Waals surface area contributed by atoms with Crippen molar-refractivity contribution in [2.75, 3.05) is 0 Å². The summed E-state index contributed by atoms with van der Waals surface area (Å²) < 4.78 is 0. The molecule has 0 heterocycles. The molecule has 2 nitrogen and oxygen atoms in total. The van der Waals surface area contributed by atoms with Crippen LogP contribution in [0.15, 0.2) is 36.4 Å². The predicted molar refractivity (Wildman–Crippen MR) is 88.2 cm³/mol. The molecule has 110 valence electrons. The highest BCUT2D eigenvalue weighted by molar-refractivity contribution is 5.37. The third-order valence-electron chi connectivity index (χ3n) is 4.74. The van der Waals surface area contributed by atoms with Crippen LogP contribution in [0.3, 0.4) is 0 Å². The number of hydrazine groups is 1. The van der Waals surface area contributed by atoms with E-state index in [1.807, 2.05) is 0 Å². The number of benzene rings is 2. The van der Waals surface area contributed by atoms with E-state index in [-0.39, 0.29) is 6.04 Å². The number of rotatable bonds is 4. The number of hydrogen-bond acceptors (Lipinski definition) is 2. The molecule has 0 fully saturated rings. The highest BCUT2D eigenvalue weighted by atomic mass is 15.2. The molecule has 1 unspecified atom stereocenters. The second kappa shape index (κ2) is 6.00. The molecule has 1 aliphatic carbocycles. The second-order valence-corrected chi connectivity index (χ2v) is 6.22. The first-order valence-electron chi connectivity index (χ1n) is 7.81. The molecule has 2 heteroatoms. The van der Waals surface area contributed by atoms with Crippen molar-refractivity contribution in [1.29, 1.82) is 0 Å². The fourth-order valence-electron chi connectivity index (χ4n) is 3.24. The molecule has 0 radical (unpaired) electrons. The van der Waals surface area contributed by atoms with Gasteiger partial charge in [-0.1, -0.05) is 36.4 Å². The van der Waals surface area contributed by atoms with E-state index in [0.717, 1.165) is 6.42 Å². The number of aryl methyl sites for hydroxylation is 4. The molecule has 0 saturated heterocycles. The zero-order chi connectivity index (χ0) is 14.8. The minimum absolute atomic E-state index is 0.170. The summed E-state index contributed by atoms with van der Waals surface area (Å²) in [6.45, 7) is 4.30. The minimum atomic E-state index is 0.170. The summed E-state index contributed by atoms with van der Waals surface area (Å²) in [5, 5.41) is 0. The second-order valence-electron chi connectivity index (χ2n) is 6.22. The summed E-state index contributed by atoms with van der Waals surface area (Å²) >= 11 is 0. The molecule has 1 atom stereocenters. The van der Waals surface area contributed by atoms with Gasteiger partial charge in [-0.15, -0.1) is 0 Å². The van der Waals surface area contributed by atoms with Gasteiger partial charge in [-0.3, -0.25) is 11.3 Å². The number of fused-ring (bicyclic) bond motifs is 1. The van der Waals surface area contributed by atoms with E-state index >= 15 is 0 Å². The van der Waals surface area contributed by atoms with E-state index in [1.165, 1.54) is 52.6 Å². The van der Waals surface area contributed by atoms with Gasteiger partial charge in [-0.2, -0.15) is 0 Å². The van der Waals surface area contributed by atoms with Crippen LogP contribution in [0.25, 0.3) is 0 Å². The van der Waals surface area contributed by atoms with Gasteiger partial charge in [0.15, 0.2) is 0 Å². The predicted octanol–water partition coefficient (Wildman–Crippen LogP) is 3.54. The van der Waals surface area contributed by atoms with Crippen LogP contribution in [0.5, 0.6) is 0 Å². The number of hydrogen-bond donors (Lipinski definition) is 2. The molecule has 1 aliphatic rings. The molecule has 0 saturated carbocycles. The lowest BCUT2D eigenvalue weighted by Gasteiger charge is -2.18. The molecule has 0 spiro atoms. The average Bonchev–Trinajstić information content (AvgIpc) is 2.95. The quantitative estimate of drug-likeness (QED) is 0.664. The van der Waals surface area contributed by atoms with E-state index in [9.17, 15) is 0 Å². The van der Waals surface area contributed by atoms with Gasteiger partial charge in [0.25, 0.3) is 0 Å². The summed E-state index contributed by atoms with van der Waals surface area (Å²) in [7, 11) is 0. The Kier molecular flexibility index (Phi) is 4.09. The van der Waals surface area contributed by atoms with Crippen LogP contribution in [-0.2, 0) is 19.3 Å². The van der Waals surface area contributed by atoms with Crippen LogP contribution in [0, 0.1) is 13.8 Å². The Labute approximate surface area is 127 Å². The molecule has 0 aromatic heterocycles. The normalized spacial score (nSPS) is 15.0. The third kappa shape index (κ3) is 3.02. The Balaban J connectivity index is 1.82. The van der Waals surface area contributed by atoms with E-state index in [1.54, 1.807) is 0 Å². The van der Waals surface area contributed by atoms with Crippen LogP contribution in [0.1, 0.15) is 45.8 Å². The van der Waals surface area contributed by atoms with Crippen LogP contribution in [-0.4, -0.2) is 0 Å². The van der Waals surface area contributed by atoms with Crippen molar-refractivity contribution < 1.29 is 0 Å². The van der Waals surface area contributed by atoms with Crippen LogP contribution < -0.4 is 11.3 Å². The van der Waals surface area contributed by atoms with Gasteiger partial charge in [0.2, 0.25) is 0 Å². The van der Waals surface area contributed by atoms with Gasteiger partial charge in [0.05, 0.1) is 0 Å². The Bertz CT molecular complexity index is 646. The lowest BCUT2D eigenvalue weighted by Crippen LogP contribution is -2.29. The van der Waals surface area contributed by atoms with Crippen LogP contribution >= 0.6 is 0 Å². The zero-order valence-corrected chi connectivity index (χ0v) is 12.9. The van der Waals surface area contributed by atoms with E-state index in [0.29, 0.717) is 0 Å². The standard InChI is InChI=1S/C19H24N2/c1-13-6-8-18(10-14(13)2)19(21-20)12-15-7-9-16-4-3-5-17(16)11-15/h6-11,19,21H,3-5,12,20H2,1-2H3. The fraction of sp³-hybridized carbons (Fsp3) is 0.368. The maximum Gasteiger partial charge on any atom is 0.0500 e. The van der Waals surface area contributed by atoms with Crippen molar-refractivity contribution in [3.63, 3.8) is 0 Å². The molecule has 3 N–H and O–H groups in total. The molecule has 2 aromatic rings. The lowest BCUT2D eigenvalue weighted by atomic mass is 9.95. The summed E-state index contributed by atoms with van der Waals surface area (Å²) in [4.78, 5) is 0. The monoisotopic (exact) mass is 280 g/mol. The maximum absolute atomic E-state index is 5.80. The van der Waals surface area contributed by atoms with Crippen molar-refractivity contribution in [2.24, 2.45) is 5.84 Å². The largest absolute Gasteiger partial charge is 0.271 e. The highest BCUT2D eigenvalue weighted by Crippen LogP contribution is 2.26. The van der Waals surface area contributed by atoms with Crippen molar-refractivity contribution in [3.8, 4) is 0 Å². The third-order valence-corrected chi connectivity index (χ3v) is 4.74. The molecule has 3 rings (SSSR count). The topological polar surface area (TPSA) is 38.0 Å².